The fourth-order valence-electron chi connectivity index (χ4n) is 2.83. The van der Waals surface area contributed by atoms with Crippen molar-refractivity contribution >= 4 is 11.7 Å². The average Bonchev–Trinajstić information content (AvgIpc) is 2.63. The highest BCUT2D eigenvalue weighted by molar-refractivity contribution is 5.79. The predicted octanol–water partition coefficient (Wildman–Crippen LogP) is 2.12. The highest BCUT2D eigenvalue weighted by Gasteiger charge is 2.22. The summed E-state index contributed by atoms with van der Waals surface area (Å²) in [6.45, 7) is 2.79. The zero-order valence-corrected chi connectivity index (χ0v) is 13.6. The number of benzene rings is 1. The third kappa shape index (κ3) is 3.64. The van der Waals surface area contributed by atoms with Gasteiger partial charge in [-0.05, 0) is 29.8 Å². The number of carbonyl (C=O) groups excluding carboxylic acids is 1. The third-order valence-corrected chi connectivity index (χ3v) is 4.18. The summed E-state index contributed by atoms with van der Waals surface area (Å²) in [6.07, 6.45) is 1.97. The second-order valence-electron chi connectivity index (χ2n) is 5.70. The number of rotatable bonds is 4. The highest BCUT2D eigenvalue weighted by atomic mass is 19.1. The summed E-state index contributed by atoms with van der Waals surface area (Å²) in [4.78, 5) is 20.7. The Bertz CT molecular complexity index is 701. The van der Waals surface area contributed by atoms with Gasteiger partial charge in [-0.15, -0.1) is 0 Å². The first-order valence-electron chi connectivity index (χ1n) is 7.93. The first-order valence-corrected chi connectivity index (χ1v) is 7.93. The van der Waals surface area contributed by atoms with Gasteiger partial charge in [-0.2, -0.15) is 0 Å². The molecule has 126 valence electrons. The zero-order chi connectivity index (χ0) is 16.9. The van der Waals surface area contributed by atoms with E-state index in [0.717, 1.165) is 18.9 Å². The molecule has 24 heavy (non-hydrogen) atoms. The fourth-order valence-corrected chi connectivity index (χ4v) is 2.83. The molecule has 0 spiro atoms. The molecule has 0 atom stereocenters. The van der Waals surface area contributed by atoms with Gasteiger partial charge in [-0.25, -0.2) is 9.37 Å². The quantitative estimate of drug-likeness (QED) is 0.862. The van der Waals surface area contributed by atoms with Crippen LogP contribution in [0, 0.1) is 5.82 Å². The molecule has 1 aliphatic rings. The lowest BCUT2D eigenvalue weighted by molar-refractivity contribution is -0.130. The predicted molar refractivity (Wildman–Crippen MR) is 89.7 cm³/mol. The molecule has 1 aromatic heterocycles. The first-order chi connectivity index (χ1) is 11.7. The molecule has 1 fully saturated rings. The number of hydrogen-bond acceptors (Lipinski definition) is 4. The van der Waals surface area contributed by atoms with Crippen molar-refractivity contribution < 1.29 is 13.9 Å². The summed E-state index contributed by atoms with van der Waals surface area (Å²) in [7, 11) is 1.42. The molecule has 6 heteroatoms. The Hall–Kier alpha value is -2.63. The minimum atomic E-state index is -0.442. The monoisotopic (exact) mass is 329 g/mol. The second-order valence-corrected chi connectivity index (χ2v) is 5.70. The molecule has 2 aromatic rings. The van der Waals surface area contributed by atoms with Crippen LogP contribution in [0.3, 0.4) is 0 Å². The van der Waals surface area contributed by atoms with Crippen molar-refractivity contribution in [3.05, 3.63) is 54.0 Å². The number of carbonyl (C=O) groups is 1. The normalized spacial score (nSPS) is 14.6. The molecule has 0 unspecified atom stereocenters. The smallest absolute Gasteiger partial charge is 0.227 e. The molecule has 1 saturated heterocycles. The summed E-state index contributed by atoms with van der Waals surface area (Å²) in [5.74, 6) is 0.694. The van der Waals surface area contributed by atoms with E-state index in [-0.39, 0.29) is 18.1 Å². The summed E-state index contributed by atoms with van der Waals surface area (Å²) in [5.41, 5.74) is 0.658. The van der Waals surface area contributed by atoms with Gasteiger partial charge in [-0.1, -0.05) is 12.1 Å². The largest absolute Gasteiger partial charge is 0.494 e. The van der Waals surface area contributed by atoms with Gasteiger partial charge in [0, 0.05) is 32.4 Å². The van der Waals surface area contributed by atoms with Gasteiger partial charge >= 0.3 is 0 Å². The topological polar surface area (TPSA) is 45.7 Å². The third-order valence-electron chi connectivity index (χ3n) is 4.18. The van der Waals surface area contributed by atoms with Crippen LogP contribution in [0.1, 0.15) is 5.56 Å². The number of hydrogen-bond donors (Lipinski definition) is 0. The van der Waals surface area contributed by atoms with Gasteiger partial charge in [0.05, 0.1) is 13.5 Å². The Labute approximate surface area is 140 Å². The van der Waals surface area contributed by atoms with Gasteiger partial charge in [0.15, 0.2) is 11.6 Å². The minimum absolute atomic E-state index is 0.0141. The van der Waals surface area contributed by atoms with E-state index in [1.54, 1.807) is 18.3 Å². The van der Waals surface area contributed by atoms with Gasteiger partial charge in [0.2, 0.25) is 5.91 Å². The summed E-state index contributed by atoms with van der Waals surface area (Å²) >= 11 is 0. The van der Waals surface area contributed by atoms with Crippen molar-refractivity contribution in [2.24, 2.45) is 0 Å². The van der Waals surface area contributed by atoms with Gasteiger partial charge in [-0.3, -0.25) is 4.79 Å². The van der Waals surface area contributed by atoms with Crippen LogP contribution in [-0.2, 0) is 11.2 Å². The number of anilines is 1. The van der Waals surface area contributed by atoms with E-state index < -0.39 is 5.82 Å². The minimum Gasteiger partial charge on any atom is -0.494 e. The Morgan fingerprint density at radius 2 is 2.00 bits per heavy atom. The molecule has 1 aliphatic heterocycles. The number of nitrogens with zero attached hydrogens (tertiary/aromatic N) is 3. The number of halogens is 1. The van der Waals surface area contributed by atoms with Crippen LogP contribution >= 0.6 is 0 Å². The molecular formula is C18H20FN3O2. The zero-order valence-electron chi connectivity index (χ0n) is 13.6. The molecule has 3 rings (SSSR count). The molecule has 5 nitrogen and oxygen atoms in total. The molecule has 0 N–H and O–H groups in total. The lowest BCUT2D eigenvalue weighted by atomic mass is 10.1. The number of pyridine rings is 1. The van der Waals surface area contributed by atoms with Crippen LogP contribution in [0.25, 0.3) is 0 Å². The standard InChI is InChI=1S/C18H20FN3O2/c1-24-16-6-5-14(12-15(16)19)13-18(23)22-10-8-21(9-11-22)17-4-2-3-7-20-17/h2-7,12H,8-11,13H2,1H3. The SMILES string of the molecule is COc1ccc(CC(=O)N2CCN(c3ccccn3)CC2)cc1F. The van der Waals surface area contributed by atoms with Crippen molar-refractivity contribution in [3.63, 3.8) is 0 Å². The maximum absolute atomic E-state index is 13.7. The van der Waals surface area contributed by atoms with Gasteiger partial charge < -0.3 is 14.5 Å². The Kier molecular flexibility index (Phi) is 4.93. The lowest BCUT2D eigenvalue weighted by Gasteiger charge is -2.35. The maximum atomic E-state index is 13.7. The lowest BCUT2D eigenvalue weighted by Crippen LogP contribution is -2.49. The van der Waals surface area contributed by atoms with Crippen molar-refractivity contribution in [2.45, 2.75) is 6.42 Å². The molecule has 0 bridgehead atoms. The fraction of sp³-hybridized carbons (Fsp3) is 0.333. The molecule has 0 saturated carbocycles. The first kappa shape index (κ1) is 16.2. The second kappa shape index (κ2) is 7.29. The van der Waals surface area contributed by atoms with Crippen LogP contribution in [0.5, 0.6) is 5.75 Å². The van der Waals surface area contributed by atoms with E-state index in [2.05, 4.69) is 9.88 Å². The molecule has 0 radical (unpaired) electrons. The van der Waals surface area contributed by atoms with Crippen LogP contribution in [0.15, 0.2) is 42.6 Å². The number of methoxy groups -OCH3 is 1. The number of piperazine rings is 1. The summed E-state index contributed by atoms with van der Waals surface area (Å²) in [6, 6.07) is 10.5. The van der Waals surface area contributed by atoms with Crippen molar-refractivity contribution in [1.82, 2.24) is 9.88 Å². The Morgan fingerprint density at radius 3 is 2.62 bits per heavy atom. The van der Waals surface area contributed by atoms with Crippen molar-refractivity contribution in [3.8, 4) is 5.75 Å². The molecule has 1 aromatic carbocycles. The van der Waals surface area contributed by atoms with E-state index in [9.17, 15) is 9.18 Å². The van der Waals surface area contributed by atoms with Gasteiger partial charge in [0.1, 0.15) is 5.82 Å². The molecule has 0 aliphatic carbocycles. The Balaban J connectivity index is 1.56. The van der Waals surface area contributed by atoms with E-state index in [4.69, 9.17) is 4.74 Å². The summed E-state index contributed by atoms with van der Waals surface area (Å²) in [5, 5.41) is 0. The molecule has 1 amide bonds. The van der Waals surface area contributed by atoms with Gasteiger partial charge in [0.25, 0.3) is 0 Å². The molecular weight excluding hydrogens is 309 g/mol. The van der Waals surface area contributed by atoms with Crippen LogP contribution < -0.4 is 9.64 Å². The highest BCUT2D eigenvalue weighted by Crippen LogP contribution is 2.19. The van der Waals surface area contributed by atoms with Crippen molar-refractivity contribution in [2.75, 3.05) is 38.2 Å². The summed E-state index contributed by atoms with van der Waals surface area (Å²) < 4.78 is 18.6. The average molecular weight is 329 g/mol. The number of amides is 1. The van der Waals surface area contributed by atoms with Crippen LogP contribution in [0.2, 0.25) is 0 Å². The molecule has 2 heterocycles. The maximum Gasteiger partial charge on any atom is 0.227 e. The van der Waals surface area contributed by atoms with E-state index in [1.807, 2.05) is 23.1 Å². The Morgan fingerprint density at radius 1 is 1.21 bits per heavy atom. The van der Waals surface area contributed by atoms with E-state index in [0.29, 0.717) is 18.7 Å². The van der Waals surface area contributed by atoms with Crippen molar-refractivity contribution in [1.29, 1.82) is 0 Å². The van der Waals surface area contributed by atoms with E-state index in [1.165, 1.54) is 13.2 Å². The van der Waals surface area contributed by atoms with E-state index >= 15 is 0 Å². The number of aromatic nitrogens is 1. The van der Waals surface area contributed by atoms with Crippen LogP contribution in [-0.4, -0.2) is 49.1 Å². The number of ether oxygens (including phenoxy) is 1. The van der Waals surface area contributed by atoms with Crippen LogP contribution in [0.4, 0.5) is 10.2 Å².